The summed E-state index contributed by atoms with van der Waals surface area (Å²) in [6.45, 7) is 5.72. The summed E-state index contributed by atoms with van der Waals surface area (Å²) in [4.78, 5) is 6.61. The molecule has 1 saturated heterocycles. The number of benzene rings is 1. The zero-order valence-corrected chi connectivity index (χ0v) is 13.5. The maximum atomic E-state index is 9.49. The first-order valence-corrected chi connectivity index (χ1v) is 7.89. The maximum Gasteiger partial charge on any atom is 0.103 e. The quantitative estimate of drug-likeness (QED) is 0.846. The summed E-state index contributed by atoms with van der Waals surface area (Å²) in [6.07, 6.45) is 2.91. The van der Waals surface area contributed by atoms with Crippen molar-refractivity contribution in [3.05, 3.63) is 35.0 Å². The van der Waals surface area contributed by atoms with E-state index in [-0.39, 0.29) is 12.2 Å². The van der Waals surface area contributed by atoms with Crippen molar-refractivity contribution in [2.75, 3.05) is 18.0 Å². The molecule has 1 aromatic heterocycles. The van der Waals surface area contributed by atoms with E-state index in [0.717, 1.165) is 36.1 Å². The largest absolute Gasteiger partial charge is 0.372 e. The van der Waals surface area contributed by atoms with Gasteiger partial charge in [-0.1, -0.05) is 18.5 Å². The van der Waals surface area contributed by atoms with Gasteiger partial charge in [0.1, 0.15) is 6.07 Å². The summed E-state index contributed by atoms with van der Waals surface area (Å²) >= 11 is 6.16. The van der Waals surface area contributed by atoms with Crippen molar-refractivity contribution in [3.8, 4) is 6.07 Å². The topological polar surface area (TPSA) is 49.2 Å². The van der Waals surface area contributed by atoms with E-state index < -0.39 is 0 Å². The Morgan fingerprint density at radius 1 is 1.45 bits per heavy atom. The van der Waals surface area contributed by atoms with Crippen LogP contribution in [0.5, 0.6) is 0 Å². The van der Waals surface area contributed by atoms with E-state index in [1.807, 2.05) is 18.2 Å². The summed E-state index contributed by atoms with van der Waals surface area (Å²) in [7, 11) is 0. The third kappa shape index (κ3) is 2.75. The van der Waals surface area contributed by atoms with E-state index in [0.29, 0.717) is 10.6 Å². The molecule has 2 heterocycles. The lowest BCUT2D eigenvalue weighted by molar-refractivity contribution is -0.0171. The number of ether oxygens (including phenoxy) is 1. The summed E-state index contributed by atoms with van der Waals surface area (Å²) in [5.74, 6) is 0. The number of fused-ring (bicyclic) bond motifs is 1. The van der Waals surface area contributed by atoms with E-state index in [1.54, 1.807) is 6.20 Å². The zero-order chi connectivity index (χ0) is 15.7. The molecule has 2 unspecified atom stereocenters. The molecule has 2 aromatic rings. The molecule has 0 aliphatic carbocycles. The first-order chi connectivity index (χ1) is 10.6. The second kappa shape index (κ2) is 6.12. The van der Waals surface area contributed by atoms with Crippen molar-refractivity contribution in [2.24, 2.45) is 0 Å². The van der Waals surface area contributed by atoms with Crippen molar-refractivity contribution in [1.82, 2.24) is 4.98 Å². The van der Waals surface area contributed by atoms with Crippen molar-refractivity contribution >= 4 is 28.2 Å². The molecule has 4 nitrogen and oxygen atoms in total. The van der Waals surface area contributed by atoms with Crippen LogP contribution in [0.15, 0.2) is 24.4 Å². The van der Waals surface area contributed by atoms with Crippen LogP contribution in [0.1, 0.15) is 25.8 Å². The minimum atomic E-state index is 0.132. The lowest BCUT2D eigenvalue weighted by Gasteiger charge is -2.38. The highest BCUT2D eigenvalue weighted by Crippen LogP contribution is 2.33. The summed E-state index contributed by atoms with van der Waals surface area (Å²) < 4.78 is 5.93. The fourth-order valence-corrected chi connectivity index (χ4v) is 3.20. The van der Waals surface area contributed by atoms with Gasteiger partial charge in [0.25, 0.3) is 0 Å². The minimum absolute atomic E-state index is 0.132. The number of nitrogens with zero attached hydrogens (tertiary/aromatic N) is 3. The van der Waals surface area contributed by atoms with Crippen molar-refractivity contribution in [2.45, 2.75) is 32.5 Å². The molecule has 3 rings (SSSR count). The van der Waals surface area contributed by atoms with Gasteiger partial charge in [0.05, 0.1) is 29.0 Å². The molecule has 0 N–H and O–H groups in total. The molecule has 5 heteroatoms. The smallest absolute Gasteiger partial charge is 0.103 e. The van der Waals surface area contributed by atoms with E-state index in [4.69, 9.17) is 16.3 Å². The van der Waals surface area contributed by atoms with Gasteiger partial charge in [0.2, 0.25) is 0 Å². The van der Waals surface area contributed by atoms with E-state index in [9.17, 15) is 5.26 Å². The number of hydrogen-bond acceptors (Lipinski definition) is 4. The lowest BCUT2D eigenvalue weighted by Crippen LogP contribution is -2.46. The van der Waals surface area contributed by atoms with Crippen molar-refractivity contribution in [1.29, 1.82) is 5.26 Å². The average molecular weight is 316 g/mol. The van der Waals surface area contributed by atoms with E-state index in [2.05, 4.69) is 29.8 Å². The zero-order valence-electron chi connectivity index (χ0n) is 12.7. The van der Waals surface area contributed by atoms with Gasteiger partial charge >= 0.3 is 0 Å². The Balaban J connectivity index is 2.15. The average Bonchev–Trinajstić information content (AvgIpc) is 2.52. The predicted molar refractivity (Wildman–Crippen MR) is 88.3 cm³/mol. The maximum absolute atomic E-state index is 9.49. The lowest BCUT2D eigenvalue weighted by atomic mass is 10.1. The Morgan fingerprint density at radius 2 is 2.27 bits per heavy atom. The monoisotopic (exact) mass is 315 g/mol. The Hall–Kier alpha value is -1.83. The molecule has 1 fully saturated rings. The van der Waals surface area contributed by atoms with Crippen molar-refractivity contribution in [3.63, 3.8) is 0 Å². The van der Waals surface area contributed by atoms with Gasteiger partial charge in [0, 0.05) is 29.7 Å². The van der Waals surface area contributed by atoms with Crippen LogP contribution >= 0.6 is 11.6 Å². The van der Waals surface area contributed by atoms with E-state index >= 15 is 0 Å². The molecule has 114 valence electrons. The second-order valence-corrected chi connectivity index (χ2v) is 6.11. The molecule has 1 aliphatic rings. The normalized spacial score (nSPS) is 21.8. The van der Waals surface area contributed by atoms with Gasteiger partial charge in [-0.05, 0) is 31.5 Å². The van der Waals surface area contributed by atoms with Gasteiger partial charge in [-0.2, -0.15) is 5.26 Å². The predicted octanol–water partition coefficient (Wildman–Crippen LogP) is 3.76. The molecule has 1 aliphatic heterocycles. The molecule has 0 spiro atoms. The first kappa shape index (κ1) is 15.1. The molecular formula is C17H18ClN3O. The number of halogens is 1. The summed E-state index contributed by atoms with van der Waals surface area (Å²) in [5.41, 5.74) is 2.35. The highest BCUT2D eigenvalue weighted by Gasteiger charge is 2.27. The van der Waals surface area contributed by atoms with Crippen LogP contribution in [0.4, 0.5) is 5.69 Å². The summed E-state index contributed by atoms with van der Waals surface area (Å²) in [6, 6.07) is 7.87. The molecule has 22 heavy (non-hydrogen) atoms. The molecule has 0 bridgehead atoms. The van der Waals surface area contributed by atoms with Crippen LogP contribution in [0.25, 0.3) is 10.9 Å². The van der Waals surface area contributed by atoms with Gasteiger partial charge in [-0.3, -0.25) is 4.98 Å². The second-order valence-electron chi connectivity index (χ2n) is 5.68. The SMILES string of the molecule is CCC1CN(c2c(C#N)cnc3ccc(Cl)cc23)CC(C)O1. The fraction of sp³-hybridized carbons (Fsp3) is 0.412. The van der Waals surface area contributed by atoms with Crippen LogP contribution < -0.4 is 4.90 Å². The number of anilines is 1. The molecule has 0 saturated carbocycles. The Kier molecular flexibility index (Phi) is 4.19. The number of hydrogen-bond donors (Lipinski definition) is 0. The number of rotatable bonds is 2. The molecule has 0 radical (unpaired) electrons. The fourth-order valence-electron chi connectivity index (χ4n) is 3.03. The van der Waals surface area contributed by atoms with Gasteiger partial charge in [0.15, 0.2) is 0 Å². The van der Waals surface area contributed by atoms with Gasteiger partial charge in [-0.15, -0.1) is 0 Å². The van der Waals surface area contributed by atoms with Crippen LogP contribution in [0.3, 0.4) is 0 Å². The third-order valence-electron chi connectivity index (χ3n) is 4.02. The van der Waals surface area contributed by atoms with E-state index in [1.165, 1.54) is 0 Å². The molecule has 0 amide bonds. The van der Waals surface area contributed by atoms with Crippen LogP contribution in [-0.2, 0) is 4.74 Å². The minimum Gasteiger partial charge on any atom is -0.372 e. The van der Waals surface area contributed by atoms with Gasteiger partial charge < -0.3 is 9.64 Å². The highest BCUT2D eigenvalue weighted by atomic mass is 35.5. The Labute approximate surface area is 135 Å². The number of aromatic nitrogens is 1. The standard InChI is InChI=1S/C17H18ClN3O/c1-3-14-10-21(9-11(2)22-14)17-12(7-19)8-20-16-5-4-13(18)6-15(16)17/h4-6,8,11,14H,3,9-10H2,1-2H3. The number of pyridine rings is 1. The van der Waals surface area contributed by atoms with Crippen LogP contribution in [-0.4, -0.2) is 30.3 Å². The van der Waals surface area contributed by atoms with Crippen molar-refractivity contribution < 1.29 is 4.74 Å². The van der Waals surface area contributed by atoms with Gasteiger partial charge in [-0.25, -0.2) is 0 Å². The Bertz CT molecular complexity index is 740. The van der Waals surface area contributed by atoms with Crippen LogP contribution in [0, 0.1) is 11.3 Å². The Morgan fingerprint density at radius 3 is 3.00 bits per heavy atom. The molecule has 2 atom stereocenters. The third-order valence-corrected chi connectivity index (χ3v) is 4.25. The first-order valence-electron chi connectivity index (χ1n) is 7.51. The molecular weight excluding hydrogens is 298 g/mol. The summed E-state index contributed by atoms with van der Waals surface area (Å²) in [5, 5.41) is 11.1. The number of morpholine rings is 1. The molecule has 1 aromatic carbocycles. The van der Waals surface area contributed by atoms with Crippen LogP contribution in [0.2, 0.25) is 5.02 Å². The number of nitriles is 1. The highest BCUT2D eigenvalue weighted by molar-refractivity contribution is 6.31.